The Labute approximate surface area is 198 Å². The maximum absolute atomic E-state index is 11.9. The summed E-state index contributed by atoms with van der Waals surface area (Å²) < 4.78 is 4.89. The summed E-state index contributed by atoms with van der Waals surface area (Å²) in [6.07, 6.45) is 0.949. The molecule has 176 valence electrons. The highest BCUT2D eigenvalue weighted by atomic mass is 32.2. The lowest BCUT2D eigenvalue weighted by atomic mass is 9.79. The molecular formula is C27H39NO3S. The average molecular weight is 458 g/mol. The van der Waals surface area contributed by atoms with E-state index in [-0.39, 0.29) is 23.3 Å². The first-order valence-electron chi connectivity index (χ1n) is 11.3. The van der Waals surface area contributed by atoms with Gasteiger partial charge in [0.05, 0.1) is 13.7 Å². The molecule has 0 aromatic heterocycles. The van der Waals surface area contributed by atoms with Gasteiger partial charge in [0.15, 0.2) is 0 Å². The summed E-state index contributed by atoms with van der Waals surface area (Å²) in [5, 5.41) is 10.9. The Morgan fingerprint density at radius 2 is 1.56 bits per heavy atom. The van der Waals surface area contributed by atoms with Crippen LogP contribution >= 0.6 is 11.8 Å². The van der Waals surface area contributed by atoms with Crippen molar-refractivity contribution < 1.29 is 14.6 Å². The number of nitrogens with zero attached hydrogens (tertiary/aromatic N) is 1. The van der Waals surface area contributed by atoms with Gasteiger partial charge in [-0.15, -0.1) is 11.8 Å². The number of carbonyl (C=O) groups is 1. The number of methoxy groups -OCH3 is 1. The van der Waals surface area contributed by atoms with E-state index in [2.05, 4.69) is 70.7 Å². The number of hydrogen-bond donors (Lipinski definition) is 1. The normalized spacial score (nSPS) is 12.2. The van der Waals surface area contributed by atoms with Crippen LogP contribution in [0.4, 0.5) is 0 Å². The Morgan fingerprint density at radius 3 is 2.06 bits per heavy atom. The van der Waals surface area contributed by atoms with E-state index in [9.17, 15) is 9.90 Å². The Hall–Kier alpha value is -1.98. The monoisotopic (exact) mass is 457 g/mol. The van der Waals surface area contributed by atoms with Crippen molar-refractivity contribution in [1.82, 2.24) is 4.90 Å². The lowest BCUT2D eigenvalue weighted by Crippen LogP contribution is -2.31. The van der Waals surface area contributed by atoms with Crippen LogP contribution in [0, 0.1) is 0 Å². The van der Waals surface area contributed by atoms with Gasteiger partial charge in [-0.2, -0.15) is 0 Å². The van der Waals surface area contributed by atoms with E-state index in [1.165, 1.54) is 17.6 Å². The molecule has 0 saturated heterocycles. The van der Waals surface area contributed by atoms with Crippen molar-refractivity contribution in [2.45, 2.75) is 70.2 Å². The molecule has 2 aromatic rings. The Morgan fingerprint density at radius 1 is 1.00 bits per heavy atom. The molecule has 0 fully saturated rings. The number of ether oxygens (including phenoxy) is 1. The molecule has 0 amide bonds. The van der Waals surface area contributed by atoms with Gasteiger partial charge in [0.2, 0.25) is 0 Å². The lowest BCUT2D eigenvalue weighted by Gasteiger charge is -2.28. The van der Waals surface area contributed by atoms with Crippen LogP contribution in [0.5, 0.6) is 5.75 Å². The molecular weight excluding hydrogens is 418 g/mol. The standard InChI is InChI=1S/C27H39NO3S/c1-26(2,3)22-16-21(17-23(25(22)30)27(4,5)6)32-15-11-14-28(19-24(29)31-7)18-20-12-9-8-10-13-20/h8-10,12-13,16-17,30H,11,14-15,18-19H2,1-7H3. The highest BCUT2D eigenvalue weighted by Gasteiger charge is 2.26. The second-order valence-corrected chi connectivity index (χ2v) is 11.5. The van der Waals surface area contributed by atoms with Crippen molar-refractivity contribution in [2.24, 2.45) is 0 Å². The van der Waals surface area contributed by atoms with Gasteiger partial charge in [-0.05, 0) is 47.2 Å². The second kappa shape index (κ2) is 11.2. The summed E-state index contributed by atoms with van der Waals surface area (Å²) in [6, 6.07) is 14.5. The number of phenolic OH excluding ortho intramolecular Hbond substituents is 1. The number of benzene rings is 2. The molecule has 4 nitrogen and oxygen atoms in total. The first-order valence-corrected chi connectivity index (χ1v) is 12.2. The predicted octanol–water partition coefficient (Wildman–Crippen LogP) is 6.14. The molecule has 0 bridgehead atoms. The van der Waals surface area contributed by atoms with E-state index >= 15 is 0 Å². The number of hydrogen-bond acceptors (Lipinski definition) is 5. The molecule has 0 atom stereocenters. The minimum Gasteiger partial charge on any atom is -0.507 e. The molecule has 5 heteroatoms. The van der Waals surface area contributed by atoms with E-state index in [1.54, 1.807) is 0 Å². The van der Waals surface area contributed by atoms with Gasteiger partial charge < -0.3 is 9.84 Å². The van der Waals surface area contributed by atoms with Crippen molar-refractivity contribution >= 4 is 17.7 Å². The number of aromatic hydroxyl groups is 1. The van der Waals surface area contributed by atoms with Gasteiger partial charge in [-0.3, -0.25) is 9.69 Å². The minimum atomic E-state index is -0.211. The zero-order valence-corrected chi connectivity index (χ0v) is 21.5. The molecule has 0 aliphatic heterocycles. The van der Waals surface area contributed by atoms with E-state index in [0.717, 1.165) is 36.4 Å². The van der Waals surface area contributed by atoms with E-state index in [1.807, 2.05) is 30.0 Å². The number of esters is 1. The molecule has 2 aromatic carbocycles. The molecule has 0 heterocycles. The summed E-state index contributed by atoms with van der Waals surface area (Å²) in [6.45, 7) is 14.6. The van der Waals surface area contributed by atoms with E-state index in [0.29, 0.717) is 5.75 Å². The van der Waals surface area contributed by atoms with Crippen molar-refractivity contribution in [3.8, 4) is 5.75 Å². The topological polar surface area (TPSA) is 49.8 Å². The molecule has 0 spiro atoms. The average Bonchev–Trinajstić information content (AvgIpc) is 2.70. The maximum atomic E-state index is 11.9. The number of thioether (sulfide) groups is 1. The zero-order chi connectivity index (χ0) is 23.9. The number of rotatable bonds is 9. The fraction of sp³-hybridized carbons (Fsp3) is 0.519. The van der Waals surface area contributed by atoms with Gasteiger partial charge in [-0.25, -0.2) is 0 Å². The van der Waals surface area contributed by atoms with Crippen LogP contribution in [0.2, 0.25) is 0 Å². The fourth-order valence-electron chi connectivity index (χ4n) is 3.62. The van der Waals surface area contributed by atoms with Gasteiger partial charge in [0.1, 0.15) is 5.75 Å². The summed E-state index contributed by atoms with van der Waals surface area (Å²) in [5.41, 5.74) is 2.90. The van der Waals surface area contributed by atoms with Gasteiger partial charge >= 0.3 is 5.97 Å². The van der Waals surface area contributed by atoms with Crippen LogP contribution in [-0.4, -0.2) is 41.9 Å². The highest BCUT2D eigenvalue weighted by molar-refractivity contribution is 7.99. The molecule has 2 rings (SSSR count). The third-order valence-corrected chi connectivity index (χ3v) is 6.48. The molecule has 1 N–H and O–H groups in total. The maximum Gasteiger partial charge on any atom is 0.319 e. The Bertz CT molecular complexity index is 847. The largest absolute Gasteiger partial charge is 0.507 e. The SMILES string of the molecule is COC(=O)CN(CCCSc1cc(C(C)(C)C)c(O)c(C(C)(C)C)c1)Cc1ccccc1. The van der Waals surface area contributed by atoms with Crippen LogP contribution in [-0.2, 0) is 26.9 Å². The van der Waals surface area contributed by atoms with Gasteiger partial charge in [-0.1, -0.05) is 71.9 Å². The number of phenols is 1. The van der Waals surface area contributed by atoms with E-state index < -0.39 is 0 Å². The van der Waals surface area contributed by atoms with Crippen molar-refractivity contribution in [1.29, 1.82) is 0 Å². The van der Waals surface area contributed by atoms with Gasteiger partial charge in [0, 0.05) is 22.6 Å². The third-order valence-electron chi connectivity index (χ3n) is 5.42. The predicted molar refractivity (Wildman–Crippen MR) is 135 cm³/mol. The number of carbonyl (C=O) groups excluding carboxylic acids is 1. The van der Waals surface area contributed by atoms with Crippen LogP contribution in [0.1, 0.15) is 64.7 Å². The lowest BCUT2D eigenvalue weighted by molar-refractivity contribution is -0.142. The summed E-state index contributed by atoms with van der Waals surface area (Å²) in [7, 11) is 1.43. The summed E-state index contributed by atoms with van der Waals surface area (Å²) in [4.78, 5) is 15.2. The van der Waals surface area contributed by atoms with E-state index in [4.69, 9.17) is 4.74 Å². The molecule has 32 heavy (non-hydrogen) atoms. The zero-order valence-electron chi connectivity index (χ0n) is 20.7. The third kappa shape index (κ3) is 7.86. The Kier molecular flexibility index (Phi) is 9.23. The second-order valence-electron chi connectivity index (χ2n) is 10.3. The molecule has 0 radical (unpaired) electrons. The summed E-state index contributed by atoms with van der Waals surface area (Å²) >= 11 is 1.81. The van der Waals surface area contributed by atoms with Crippen LogP contribution in [0.15, 0.2) is 47.4 Å². The first-order chi connectivity index (χ1) is 14.9. The molecule has 0 aliphatic rings. The smallest absolute Gasteiger partial charge is 0.319 e. The van der Waals surface area contributed by atoms with Crippen LogP contribution in [0.25, 0.3) is 0 Å². The van der Waals surface area contributed by atoms with Crippen LogP contribution in [0.3, 0.4) is 0 Å². The molecule has 0 unspecified atom stereocenters. The van der Waals surface area contributed by atoms with Crippen molar-refractivity contribution in [2.75, 3.05) is 26.0 Å². The highest BCUT2D eigenvalue weighted by Crippen LogP contribution is 2.41. The van der Waals surface area contributed by atoms with Crippen LogP contribution < -0.4 is 0 Å². The Balaban J connectivity index is 2.07. The molecule has 0 saturated carbocycles. The minimum absolute atomic E-state index is 0.131. The first kappa shape index (κ1) is 26.3. The molecule has 0 aliphatic carbocycles. The van der Waals surface area contributed by atoms with Crippen molar-refractivity contribution in [3.05, 3.63) is 59.2 Å². The summed E-state index contributed by atoms with van der Waals surface area (Å²) in [5.74, 6) is 1.14. The van der Waals surface area contributed by atoms with Gasteiger partial charge in [0.25, 0.3) is 0 Å². The fourth-order valence-corrected chi connectivity index (χ4v) is 4.53. The van der Waals surface area contributed by atoms with Crippen molar-refractivity contribution in [3.63, 3.8) is 0 Å². The quantitative estimate of drug-likeness (QED) is 0.278.